The number of alkyl halides is 2. The molecular weight excluding hydrogens is 358 g/mol. The number of phenols is 2. The first-order valence-electron chi connectivity index (χ1n) is 7.57. The fourth-order valence-corrected chi connectivity index (χ4v) is 0.974. The molecule has 2 rings (SSSR count). The van der Waals surface area contributed by atoms with Gasteiger partial charge < -0.3 is 31.2 Å². The van der Waals surface area contributed by atoms with Crippen LogP contribution in [0.5, 0.6) is 11.5 Å². The number of halogens is 2. The summed E-state index contributed by atoms with van der Waals surface area (Å²) in [5.74, 6) is 0.644. The first kappa shape index (κ1) is 35.8. The van der Waals surface area contributed by atoms with Crippen molar-refractivity contribution in [2.24, 2.45) is 11.5 Å². The first-order valence-corrected chi connectivity index (χ1v) is 7.57. The van der Waals surface area contributed by atoms with Crippen molar-refractivity contribution in [2.45, 2.75) is 0 Å². The molecule has 0 saturated heterocycles. The molecule has 0 spiro atoms. The van der Waals surface area contributed by atoms with Gasteiger partial charge in [-0.05, 0) is 38.4 Å². The van der Waals surface area contributed by atoms with Crippen LogP contribution in [0.15, 0.2) is 60.7 Å². The van der Waals surface area contributed by atoms with Gasteiger partial charge in [-0.2, -0.15) is 0 Å². The van der Waals surface area contributed by atoms with Crippen molar-refractivity contribution in [3.63, 3.8) is 0 Å². The lowest BCUT2D eigenvalue weighted by Gasteiger charge is -1.87. The predicted octanol–water partition coefficient (Wildman–Crippen LogP) is 3.34. The predicted molar refractivity (Wildman–Crippen MR) is 109 cm³/mol. The molecule has 6 nitrogen and oxygen atoms in total. The van der Waals surface area contributed by atoms with E-state index in [1.165, 1.54) is 14.1 Å². The molecule has 0 unspecified atom stereocenters. The Morgan fingerprint density at radius 1 is 0.630 bits per heavy atom. The number of aromatic hydroxyl groups is 2. The summed E-state index contributed by atoms with van der Waals surface area (Å²) in [6.07, 6.45) is 0. The van der Waals surface area contributed by atoms with E-state index < -0.39 is 0 Å². The number of rotatable bonds is 2. The molecule has 160 valence electrons. The van der Waals surface area contributed by atoms with Gasteiger partial charge in [0, 0.05) is 14.2 Å². The Balaban J connectivity index is -0.0000000764. The van der Waals surface area contributed by atoms with Gasteiger partial charge in [-0.1, -0.05) is 36.4 Å². The van der Waals surface area contributed by atoms with Crippen molar-refractivity contribution >= 4 is 0 Å². The SMILES string of the molecule is CF.CF.CN.CN.COCOC.Oc1ccccc1.Oc1ccccc1. The maximum absolute atomic E-state index is 9.50. The van der Waals surface area contributed by atoms with Crippen LogP contribution in [-0.2, 0) is 9.47 Å². The quantitative estimate of drug-likeness (QED) is 0.582. The molecule has 0 aromatic heterocycles. The van der Waals surface area contributed by atoms with Crippen molar-refractivity contribution < 1.29 is 28.5 Å². The average Bonchev–Trinajstić information content (AvgIpc) is 2.76. The summed E-state index contributed by atoms with van der Waals surface area (Å²) in [6.45, 7) is 0.389. The van der Waals surface area contributed by atoms with E-state index in [9.17, 15) is 8.78 Å². The number of nitrogens with two attached hydrogens (primary N) is 2. The molecule has 0 radical (unpaired) electrons. The second-order valence-electron chi connectivity index (χ2n) is 3.37. The zero-order valence-corrected chi connectivity index (χ0v) is 17.1. The van der Waals surface area contributed by atoms with E-state index in [0.717, 1.165) is 0 Å². The maximum Gasteiger partial charge on any atom is 0.145 e. The molecule has 6 N–H and O–H groups in total. The number of benzene rings is 2. The monoisotopic (exact) mass is 394 g/mol. The molecule has 0 atom stereocenters. The minimum Gasteiger partial charge on any atom is -0.508 e. The zero-order valence-electron chi connectivity index (χ0n) is 17.1. The molecule has 0 aliphatic heterocycles. The third-order valence-electron chi connectivity index (χ3n) is 1.75. The number of ether oxygens (including phenoxy) is 2. The number of methoxy groups -OCH3 is 2. The van der Waals surface area contributed by atoms with Gasteiger partial charge in [-0.15, -0.1) is 0 Å². The summed E-state index contributed by atoms with van der Waals surface area (Å²) in [5, 5.41) is 17.3. The molecule has 0 aliphatic carbocycles. The zero-order chi connectivity index (χ0) is 22.3. The molecular formula is C19H36F2N2O4. The third kappa shape index (κ3) is 45.3. The van der Waals surface area contributed by atoms with E-state index in [2.05, 4.69) is 20.9 Å². The molecule has 0 amide bonds. The van der Waals surface area contributed by atoms with Crippen LogP contribution in [0.4, 0.5) is 8.78 Å². The first-order chi connectivity index (χ1) is 13.2. The van der Waals surface area contributed by atoms with Gasteiger partial charge in [0.2, 0.25) is 0 Å². The average molecular weight is 395 g/mol. The highest BCUT2D eigenvalue weighted by Gasteiger charge is 1.75. The van der Waals surface area contributed by atoms with Crippen molar-refractivity contribution in [3.8, 4) is 11.5 Å². The van der Waals surface area contributed by atoms with Crippen LogP contribution in [0.3, 0.4) is 0 Å². The van der Waals surface area contributed by atoms with Gasteiger partial charge in [-0.25, -0.2) is 0 Å². The molecule has 0 fully saturated rings. The number of hydrogen-bond acceptors (Lipinski definition) is 6. The van der Waals surface area contributed by atoms with E-state index in [1.54, 1.807) is 62.8 Å². The molecule has 0 heterocycles. The molecule has 2 aromatic carbocycles. The Bertz CT molecular complexity index is 371. The molecule has 0 saturated carbocycles. The fraction of sp³-hybridized carbons (Fsp3) is 0.368. The minimum atomic E-state index is 0.322. The second-order valence-corrected chi connectivity index (χ2v) is 3.37. The van der Waals surface area contributed by atoms with Crippen LogP contribution in [0.2, 0.25) is 0 Å². The molecule has 2 aromatic rings. The van der Waals surface area contributed by atoms with Crippen molar-refractivity contribution in [1.82, 2.24) is 0 Å². The highest BCUT2D eigenvalue weighted by molar-refractivity contribution is 5.19. The lowest BCUT2D eigenvalue weighted by atomic mass is 10.3. The Morgan fingerprint density at radius 3 is 0.926 bits per heavy atom. The van der Waals surface area contributed by atoms with Crippen LogP contribution in [0, 0.1) is 0 Å². The summed E-state index contributed by atoms with van der Waals surface area (Å²) < 4.78 is 27.9. The van der Waals surface area contributed by atoms with Crippen LogP contribution in [-0.4, -0.2) is 59.7 Å². The maximum atomic E-state index is 9.50. The van der Waals surface area contributed by atoms with Crippen LogP contribution < -0.4 is 11.5 Å². The van der Waals surface area contributed by atoms with Gasteiger partial charge in [0.25, 0.3) is 0 Å². The van der Waals surface area contributed by atoms with E-state index >= 15 is 0 Å². The Hall–Kier alpha value is -2.26. The molecule has 0 aliphatic rings. The lowest BCUT2D eigenvalue weighted by Crippen LogP contribution is -1.87. The third-order valence-corrected chi connectivity index (χ3v) is 1.75. The summed E-state index contributed by atoms with van der Waals surface area (Å²) >= 11 is 0. The Kier molecular flexibility index (Phi) is 58.1. The smallest absolute Gasteiger partial charge is 0.145 e. The van der Waals surface area contributed by atoms with Crippen LogP contribution in [0.25, 0.3) is 0 Å². The second kappa shape index (κ2) is 43.8. The topological polar surface area (TPSA) is 111 Å². The van der Waals surface area contributed by atoms with E-state index in [1.807, 2.05) is 12.1 Å². The summed E-state index contributed by atoms with van der Waals surface area (Å²) in [5.41, 5.74) is 9.00. The van der Waals surface area contributed by atoms with Crippen molar-refractivity contribution in [1.29, 1.82) is 0 Å². The summed E-state index contributed by atoms with van der Waals surface area (Å²) in [4.78, 5) is 0. The summed E-state index contributed by atoms with van der Waals surface area (Å²) in [7, 11) is 7.17. The van der Waals surface area contributed by atoms with E-state index in [4.69, 9.17) is 10.2 Å². The van der Waals surface area contributed by atoms with E-state index in [0.29, 0.717) is 32.6 Å². The largest absolute Gasteiger partial charge is 0.508 e. The van der Waals surface area contributed by atoms with Gasteiger partial charge >= 0.3 is 0 Å². The Morgan fingerprint density at radius 2 is 0.852 bits per heavy atom. The number of para-hydroxylation sites is 2. The minimum absolute atomic E-state index is 0.322. The van der Waals surface area contributed by atoms with Crippen LogP contribution in [0.1, 0.15) is 0 Å². The lowest BCUT2D eigenvalue weighted by molar-refractivity contribution is -0.00272. The summed E-state index contributed by atoms with van der Waals surface area (Å²) in [6, 6.07) is 17.4. The van der Waals surface area contributed by atoms with Crippen LogP contribution >= 0.6 is 0 Å². The standard InChI is InChI=1S/2C6H6O.C3H8O2.2CH3F.2CH5N/c2*7-6-4-2-1-3-5-6;1-4-3-5-2;4*1-2/h2*1-5,7H;3H2,1-2H3;2*1H3;2*2H2,1H3. The van der Waals surface area contributed by atoms with Crippen molar-refractivity contribution in [3.05, 3.63) is 60.7 Å². The highest BCUT2D eigenvalue weighted by Crippen LogP contribution is 2.03. The normalized spacial score (nSPS) is 6.89. The molecule has 8 heteroatoms. The van der Waals surface area contributed by atoms with Gasteiger partial charge in [0.1, 0.15) is 18.3 Å². The molecule has 0 bridgehead atoms. The number of phenolic OH excluding ortho intramolecular Hbond substituents is 2. The molecule has 27 heavy (non-hydrogen) atoms. The van der Waals surface area contributed by atoms with Crippen molar-refractivity contribution in [2.75, 3.05) is 49.5 Å². The van der Waals surface area contributed by atoms with Gasteiger partial charge in [-0.3, -0.25) is 8.78 Å². The van der Waals surface area contributed by atoms with E-state index in [-0.39, 0.29) is 0 Å². The Labute approximate surface area is 162 Å². The highest BCUT2D eigenvalue weighted by atomic mass is 19.1. The van der Waals surface area contributed by atoms with Gasteiger partial charge in [0.05, 0.1) is 14.4 Å². The fourth-order valence-electron chi connectivity index (χ4n) is 0.974. The van der Waals surface area contributed by atoms with Gasteiger partial charge in [0.15, 0.2) is 0 Å². The number of hydrogen-bond donors (Lipinski definition) is 4.